The van der Waals surface area contributed by atoms with E-state index in [4.69, 9.17) is 4.52 Å². The van der Waals surface area contributed by atoms with Gasteiger partial charge in [0.05, 0.1) is 12.6 Å². The minimum Gasteiger partial charge on any atom is -0.359 e. The molecule has 0 bridgehead atoms. The Kier molecular flexibility index (Phi) is 6.08. The molecule has 2 heterocycles. The SMILES string of the molecule is CC(C)C[C@H](NC(=O)N(C)Cc1cc(-c2ccccc2)no1)c1ncnn1C. The van der Waals surface area contributed by atoms with E-state index in [0.29, 0.717) is 18.2 Å². The van der Waals surface area contributed by atoms with Crippen LogP contribution in [-0.2, 0) is 13.6 Å². The van der Waals surface area contributed by atoms with Gasteiger partial charge in [-0.1, -0.05) is 49.3 Å². The molecule has 0 aliphatic carbocycles. The highest BCUT2D eigenvalue weighted by atomic mass is 16.5. The van der Waals surface area contributed by atoms with Crippen LogP contribution in [0.3, 0.4) is 0 Å². The summed E-state index contributed by atoms with van der Waals surface area (Å²) in [6.07, 6.45) is 2.27. The predicted octanol–water partition coefficient (Wildman–Crippen LogP) is 3.40. The number of aromatic nitrogens is 4. The fraction of sp³-hybridized carbons (Fsp3) is 0.400. The Morgan fingerprint density at radius 2 is 2.04 bits per heavy atom. The summed E-state index contributed by atoms with van der Waals surface area (Å²) < 4.78 is 7.09. The highest BCUT2D eigenvalue weighted by molar-refractivity contribution is 5.74. The van der Waals surface area contributed by atoms with Gasteiger partial charge in [-0.2, -0.15) is 5.10 Å². The van der Waals surface area contributed by atoms with Crippen molar-refractivity contribution >= 4 is 6.03 Å². The number of carbonyl (C=O) groups is 1. The van der Waals surface area contributed by atoms with Crippen LogP contribution < -0.4 is 5.32 Å². The molecule has 3 aromatic rings. The monoisotopic (exact) mass is 382 g/mol. The number of hydrogen-bond donors (Lipinski definition) is 1. The summed E-state index contributed by atoms with van der Waals surface area (Å²) in [4.78, 5) is 18.6. The largest absolute Gasteiger partial charge is 0.359 e. The van der Waals surface area contributed by atoms with Crippen molar-refractivity contribution in [3.63, 3.8) is 0 Å². The lowest BCUT2D eigenvalue weighted by molar-refractivity contribution is 0.194. The quantitative estimate of drug-likeness (QED) is 0.676. The van der Waals surface area contributed by atoms with Crippen LogP contribution in [0.25, 0.3) is 11.3 Å². The van der Waals surface area contributed by atoms with Crippen LogP contribution in [0.5, 0.6) is 0 Å². The van der Waals surface area contributed by atoms with E-state index in [1.807, 2.05) is 43.4 Å². The van der Waals surface area contributed by atoms with E-state index in [1.54, 1.807) is 16.6 Å². The van der Waals surface area contributed by atoms with Gasteiger partial charge in [0.1, 0.15) is 17.8 Å². The van der Waals surface area contributed by atoms with Gasteiger partial charge in [0, 0.05) is 25.7 Å². The third-order valence-electron chi connectivity index (χ3n) is 4.43. The van der Waals surface area contributed by atoms with E-state index >= 15 is 0 Å². The van der Waals surface area contributed by atoms with Crippen LogP contribution in [0.2, 0.25) is 0 Å². The first-order chi connectivity index (χ1) is 13.4. The molecule has 0 radical (unpaired) electrons. The van der Waals surface area contributed by atoms with Crippen molar-refractivity contribution < 1.29 is 9.32 Å². The van der Waals surface area contributed by atoms with E-state index < -0.39 is 0 Å². The Bertz CT molecular complexity index is 902. The third kappa shape index (κ3) is 4.76. The van der Waals surface area contributed by atoms with Gasteiger partial charge in [0.15, 0.2) is 5.76 Å². The fourth-order valence-electron chi connectivity index (χ4n) is 3.02. The van der Waals surface area contributed by atoms with Crippen molar-refractivity contribution in [2.24, 2.45) is 13.0 Å². The zero-order chi connectivity index (χ0) is 20.1. The second kappa shape index (κ2) is 8.69. The second-order valence-electron chi connectivity index (χ2n) is 7.27. The van der Waals surface area contributed by atoms with Gasteiger partial charge in [0.2, 0.25) is 0 Å². The second-order valence-corrected chi connectivity index (χ2v) is 7.27. The summed E-state index contributed by atoms with van der Waals surface area (Å²) in [6.45, 7) is 4.54. The first-order valence-electron chi connectivity index (χ1n) is 9.30. The summed E-state index contributed by atoms with van der Waals surface area (Å²) in [5.74, 6) is 1.76. The molecule has 1 atom stereocenters. The van der Waals surface area contributed by atoms with Crippen LogP contribution in [0.1, 0.15) is 37.9 Å². The van der Waals surface area contributed by atoms with Gasteiger partial charge in [-0.3, -0.25) is 4.68 Å². The maximum absolute atomic E-state index is 12.7. The zero-order valence-corrected chi connectivity index (χ0v) is 16.7. The van der Waals surface area contributed by atoms with Crippen LogP contribution in [0.4, 0.5) is 4.79 Å². The number of amides is 2. The lowest BCUT2D eigenvalue weighted by Crippen LogP contribution is -2.40. The van der Waals surface area contributed by atoms with Crippen molar-refractivity contribution in [2.45, 2.75) is 32.9 Å². The summed E-state index contributed by atoms with van der Waals surface area (Å²) >= 11 is 0. The molecule has 2 aromatic heterocycles. The molecule has 0 fully saturated rings. The Hall–Kier alpha value is -3.16. The molecule has 2 amide bonds. The van der Waals surface area contributed by atoms with Crippen molar-refractivity contribution in [1.82, 2.24) is 30.1 Å². The average Bonchev–Trinajstić information content (AvgIpc) is 3.30. The third-order valence-corrected chi connectivity index (χ3v) is 4.43. The van der Waals surface area contributed by atoms with Crippen molar-refractivity contribution in [3.8, 4) is 11.3 Å². The number of nitrogens with one attached hydrogen (secondary N) is 1. The van der Waals surface area contributed by atoms with Crippen molar-refractivity contribution in [1.29, 1.82) is 0 Å². The first kappa shape index (κ1) is 19.6. The summed E-state index contributed by atoms with van der Waals surface area (Å²) in [5.41, 5.74) is 1.73. The van der Waals surface area contributed by atoms with Crippen LogP contribution in [-0.4, -0.2) is 37.9 Å². The van der Waals surface area contributed by atoms with Gasteiger partial charge in [-0.25, -0.2) is 9.78 Å². The van der Waals surface area contributed by atoms with Crippen LogP contribution in [0.15, 0.2) is 47.2 Å². The zero-order valence-electron chi connectivity index (χ0n) is 16.7. The van der Waals surface area contributed by atoms with Gasteiger partial charge >= 0.3 is 6.03 Å². The number of carbonyl (C=O) groups excluding carboxylic acids is 1. The van der Waals surface area contributed by atoms with Gasteiger partial charge in [-0.05, 0) is 12.3 Å². The van der Waals surface area contributed by atoms with Gasteiger partial charge in [0.25, 0.3) is 0 Å². The van der Waals surface area contributed by atoms with Gasteiger partial charge in [-0.15, -0.1) is 0 Å². The number of hydrogen-bond acceptors (Lipinski definition) is 5. The lowest BCUT2D eigenvalue weighted by atomic mass is 10.0. The molecular formula is C20H26N6O2. The number of rotatable bonds is 7. The molecule has 28 heavy (non-hydrogen) atoms. The Labute approximate surface area is 164 Å². The average molecular weight is 382 g/mol. The molecule has 3 rings (SSSR count). The normalized spacial score (nSPS) is 12.2. The minimum absolute atomic E-state index is 0.202. The molecular weight excluding hydrogens is 356 g/mol. The fourth-order valence-corrected chi connectivity index (χ4v) is 3.02. The van der Waals surface area contributed by atoms with Crippen molar-refractivity contribution in [2.75, 3.05) is 7.05 Å². The highest BCUT2D eigenvalue weighted by Gasteiger charge is 2.23. The molecule has 0 saturated heterocycles. The van der Waals surface area contributed by atoms with E-state index in [1.165, 1.54) is 6.33 Å². The smallest absolute Gasteiger partial charge is 0.318 e. The molecule has 0 unspecified atom stereocenters. The Balaban J connectivity index is 1.65. The van der Waals surface area contributed by atoms with Crippen LogP contribution >= 0.6 is 0 Å². The highest BCUT2D eigenvalue weighted by Crippen LogP contribution is 2.21. The molecule has 8 nitrogen and oxygen atoms in total. The molecule has 1 N–H and O–H groups in total. The minimum atomic E-state index is -0.211. The molecule has 0 aliphatic rings. The summed E-state index contributed by atoms with van der Waals surface area (Å²) in [6, 6.07) is 11.2. The first-order valence-corrected chi connectivity index (χ1v) is 9.30. The van der Waals surface area contributed by atoms with Gasteiger partial charge < -0.3 is 14.7 Å². The number of benzene rings is 1. The lowest BCUT2D eigenvalue weighted by Gasteiger charge is -2.23. The standard InChI is InChI=1S/C20H26N6O2/c1-14(2)10-18(19-21-13-22-26(19)4)23-20(27)25(3)12-16-11-17(24-28-16)15-8-6-5-7-9-15/h5-9,11,13-14,18H,10,12H2,1-4H3,(H,23,27)/t18-/m0/s1. The molecule has 0 aliphatic heterocycles. The maximum atomic E-state index is 12.7. The number of aryl methyl sites for hydroxylation is 1. The molecule has 8 heteroatoms. The Morgan fingerprint density at radius 1 is 1.29 bits per heavy atom. The summed E-state index contributed by atoms with van der Waals surface area (Å²) in [5, 5.41) is 11.3. The van der Waals surface area contributed by atoms with E-state index in [9.17, 15) is 4.79 Å². The molecule has 148 valence electrons. The number of urea groups is 1. The van der Waals surface area contributed by atoms with Crippen LogP contribution in [0, 0.1) is 5.92 Å². The molecule has 1 aromatic carbocycles. The Morgan fingerprint density at radius 3 is 2.68 bits per heavy atom. The van der Waals surface area contributed by atoms with E-state index in [-0.39, 0.29) is 12.1 Å². The van der Waals surface area contributed by atoms with Crippen molar-refractivity contribution in [3.05, 3.63) is 54.3 Å². The topological polar surface area (TPSA) is 89.1 Å². The predicted molar refractivity (Wildman–Crippen MR) is 105 cm³/mol. The van der Waals surface area contributed by atoms with E-state index in [0.717, 1.165) is 23.5 Å². The number of nitrogens with zero attached hydrogens (tertiary/aromatic N) is 5. The maximum Gasteiger partial charge on any atom is 0.318 e. The molecule has 0 saturated carbocycles. The van der Waals surface area contributed by atoms with E-state index in [2.05, 4.69) is 34.4 Å². The summed E-state index contributed by atoms with van der Waals surface area (Å²) in [7, 11) is 3.55. The molecule has 0 spiro atoms.